The minimum absolute atomic E-state index is 0.0120. The number of hydrogen-bond acceptors (Lipinski definition) is 3. The summed E-state index contributed by atoms with van der Waals surface area (Å²) in [5.74, 6) is -0.612. The van der Waals surface area contributed by atoms with Gasteiger partial charge in [-0.3, -0.25) is 4.68 Å². The van der Waals surface area contributed by atoms with Crippen molar-refractivity contribution < 1.29 is 9.50 Å². The Morgan fingerprint density at radius 3 is 2.86 bits per heavy atom. The molecule has 0 aliphatic heterocycles. The van der Waals surface area contributed by atoms with Gasteiger partial charge in [0.1, 0.15) is 11.9 Å². The smallest absolute Gasteiger partial charge is 0.147 e. The molecule has 1 N–H and O–H groups in total. The van der Waals surface area contributed by atoms with E-state index in [0.29, 0.717) is 16.7 Å². The highest BCUT2D eigenvalue weighted by Gasteiger charge is 2.23. The summed E-state index contributed by atoms with van der Waals surface area (Å²) in [5, 5.41) is 14.7. The fourth-order valence-corrected chi connectivity index (χ4v) is 2.69. The van der Waals surface area contributed by atoms with E-state index < -0.39 is 11.9 Å². The fourth-order valence-electron chi connectivity index (χ4n) is 2.00. The van der Waals surface area contributed by atoms with E-state index >= 15 is 0 Å². The molecule has 1 atom stereocenters. The molecule has 1 heterocycles. The molecule has 2 aromatic rings. The number of hydrogen-bond donors (Lipinski definition) is 1. The van der Waals surface area contributed by atoms with Crippen molar-refractivity contribution in [3.8, 4) is 0 Å². The average Bonchev–Trinajstić information content (AvgIpc) is 2.80. The van der Waals surface area contributed by atoms with Gasteiger partial charge in [-0.2, -0.15) is 5.10 Å². The van der Waals surface area contributed by atoms with Crippen LogP contribution in [0, 0.1) is 5.82 Å². The van der Waals surface area contributed by atoms with Crippen LogP contribution in [-0.2, 0) is 6.54 Å². The maximum absolute atomic E-state index is 14.1. The first-order valence-corrected chi connectivity index (χ1v) is 7.56. The number of aliphatic hydroxyl groups excluding tert-OH is 1. The van der Waals surface area contributed by atoms with Gasteiger partial charge in [-0.1, -0.05) is 23.7 Å². The lowest BCUT2D eigenvalue weighted by atomic mass is 10.1. The number of likely N-dealkylation sites (N-methyl/N-ethyl adjacent to an activating group) is 1. The van der Waals surface area contributed by atoms with Crippen molar-refractivity contribution in [3.63, 3.8) is 0 Å². The molecule has 1 aromatic heterocycles. The molecule has 114 valence electrons. The molecule has 0 bridgehead atoms. The third-order valence-corrected chi connectivity index (χ3v) is 4.03. The van der Waals surface area contributed by atoms with Gasteiger partial charge in [0.25, 0.3) is 0 Å². The van der Waals surface area contributed by atoms with Crippen LogP contribution in [0.1, 0.15) is 17.4 Å². The van der Waals surface area contributed by atoms with Crippen LogP contribution in [0.3, 0.4) is 0 Å². The Bertz CT molecular complexity index is 633. The van der Waals surface area contributed by atoms with Gasteiger partial charge >= 0.3 is 0 Å². The van der Waals surface area contributed by atoms with Gasteiger partial charge in [0.05, 0.1) is 27.9 Å². The molecule has 0 fully saturated rings. The molecule has 0 aliphatic carbocycles. The largest absolute Gasteiger partial charge is 0.382 e. The molecular weight excluding hydrogens is 361 g/mol. The summed E-state index contributed by atoms with van der Waals surface area (Å²) in [5.41, 5.74) is 0.646. The molecule has 1 aromatic carbocycles. The Labute approximate surface area is 136 Å². The molecule has 21 heavy (non-hydrogen) atoms. The zero-order chi connectivity index (χ0) is 15.6. The normalized spacial score (nSPS) is 12.9. The quantitative estimate of drug-likeness (QED) is 0.872. The van der Waals surface area contributed by atoms with E-state index in [0.717, 1.165) is 6.54 Å². The molecule has 7 heteroatoms. The minimum Gasteiger partial charge on any atom is -0.382 e. The van der Waals surface area contributed by atoms with Gasteiger partial charge in [-0.05, 0) is 36.1 Å². The highest BCUT2D eigenvalue weighted by molar-refractivity contribution is 9.10. The van der Waals surface area contributed by atoms with Gasteiger partial charge in [0, 0.05) is 12.1 Å². The molecule has 0 aliphatic rings. The second kappa shape index (κ2) is 6.87. The summed E-state index contributed by atoms with van der Waals surface area (Å²) in [6.45, 7) is 1.35. The molecule has 4 nitrogen and oxygen atoms in total. The zero-order valence-corrected chi connectivity index (χ0v) is 14.1. The lowest BCUT2D eigenvalue weighted by molar-refractivity contribution is 0.200. The van der Waals surface area contributed by atoms with E-state index in [2.05, 4.69) is 21.0 Å². The first-order valence-electron chi connectivity index (χ1n) is 6.39. The standard InChI is InChI=1S/C14H16BrClFN3O/c1-19(2)6-7-20-13(10(15)8-18-20)14(21)9-4-3-5-11(16)12(9)17/h3-5,8,14,21H,6-7H2,1-2H3. The van der Waals surface area contributed by atoms with E-state index in [1.54, 1.807) is 16.9 Å². The highest BCUT2D eigenvalue weighted by atomic mass is 79.9. The first kappa shape index (κ1) is 16.4. The number of aliphatic hydroxyl groups is 1. The Morgan fingerprint density at radius 2 is 2.19 bits per heavy atom. The van der Waals surface area contributed by atoms with Crippen molar-refractivity contribution in [2.75, 3.05) is 20.6 Å². The van der Waals surface area contributed by atoms with Crippen molar-refractivity contribution in [3.05, 3.63) is 51.0 Å². The first-order chi connectivity index (χ1) is 9.91. The molecule has 0 amide bonds. The topological polar surface area (TPSA) is 41.3 Å². The number of halogens is 3. The molecule has 0 saturated heterocycles. The van der Waals surface area contributed by atoms with E-state index in [4.69, 9.17) is 11.6 Å². The number of benzene rings is 1. The summed E-state index contributed by atoms with van der Waals surface area (Å²) >= 11 is 9.13. The van der Waals surface area contributed by atoms with E-state index in [9.17, 15) is 9.50 Å². The van der Waals surface area contributed by atoms with Gasteiger partial charge in [-0.15, -0.1) is 0 Å². The Morgan fingerprint density at radius 1 is 1.48 bits per heavy atom. The maximum Gasteiger partial charge on any atom is 0.147 e. The predicted molar refractivity (Wildman–Crippen MR) is 84.0 cm³/mol. The van der Waals surface area contributed by atoms with Crippen LogP contribution >= 0.6 is 27.5 Å². The monoisotopic (exact) mass is 375 g/mol. The van der Waals surface area contributed by atoms with Crippen LogP contribution in [0.4, 0.5) is 4.39 Å². The lowest BCUT2D eigenvalue weighted by Crippen LogP contribution is -2.21. The number of aromatic nitrogens is 2. The number of nitrogens with zero attached hydrogens (tertiary/aromatic N) is 3. The van der Waals surface area contributed by atoms with Crippen LogP contribution < -0.4 is 0 Å². The van der Waals surface area contributed by atoms with Crippen molar-refractivity contribution in [1.29, 1.82) is 0 Å². The average molecular weight is 377 g/mol. The Hall–Kier alpha value is -0.950. The molecule has 0 spiro atoms. The van der Waals surface area contributed by atoms with Crippen LogP contribution in [0.15, 0.2) is 28.9 Å². The van der Waals surface area contributed by atoms with Crippen LogP contribution in [0.25, 0.3) is 0 Å². The molecule has 1 unspecified atom stereocenters. The van der Waals surface area contributed by atoms with Gasteiger partial charge in [-0.25, -0.2) is 4.39 Å². The predicted octanol–water partition coefficient (Wildman–Crippen LogP) is 3.08. The highest BCUT2D eigenvalue weighted by Crippen LogP contribution is 2.32. The molecule has 0 saturated carbocycles. The van der Waals surface area contributed by atoms with Crippen molar-refractivity contribution in [2.45, 2.75) is 12.6 Å². The third kappa shape index (κ3) is 3.63. The second-order valence-electron chi connectivity index (χ2n) is 4.95. The summed E-state index contributed by atoms with van der Waals surface area (Å²) < 4.78 is 16.4. The summed E-state index contributed by atoms with van der Waals surface area (Å²) in [6.07, 6.45) is 0.458. The lowest BCUT2D eigenvalue weighted by Gasteiger charge is -2.17. The minimum atomic E-state index is -1.14. The van der Waals surface area contributed by atoms with Gasteiger partial charge < -0.3 is 10.0 Å². The van der Waals surface area contributed by atoms with Gasteiger partial charge in [0.15, 0.2) is 0 Å². The Kier molecular flexibility index (Phi) is 5.37. The van der Waals surface area contributed by atoms with Crippen molar-refractivity contribution >= 4 is 27.5 Å². The zero-order valence-electron chi connectivity index (χ0n) is 11.7. The number of rotatable bonds is 5. The molecule has 0 radical (unpaired) electrons. The summed E-state index contributed by atoms with van der Waals surface area (Å²) in [7, 11) is 3.90. The molecule has 2 rings (SSSR count). The van der Waals surface area contributed by atoms with Crippen molar-refractivity contribution in [2.24, 2.45) is 0 Å². The SMILES string of the molecule is CN(C)CCn1ncc(Br)c1C(O)c1cccc(Cl)c1F. The van der Waals surface area contributed by atoms with Crippen LogP contribution in [-0.4, -0.2) is 40.4 Å². The van der Waals surface area contributed by atoms with Crippen LogP contribution in [0.5, 0.6) is 0 Å². The Balaban J connectivity index is 2.36. The summed E-state index contributed by atoms with van der Waals surface area (Å²) in [4.78, 5) is 2.01. The van der Waals surface area contributed by atoms with Crippen molar-refractivity contribution in [1.82, 2.24) is 14.7 Å². The van der Waals surface area contributed by atoms with E-state index in [-0.39, 0.29) is 10.6 Å². The third-order valence-electron chi connectivity index (χ3n) is 3.13. The van der Waals surface area contributed by atoms with E-state index in [1.165, 1.54) is 12.1 Å². The maximum atomic E-state index is 14.1. The molecular formula is C14H16BrClFN3O. The second-order valence-corrected chi connectivity index (χ2v) is 6.21. The fraction of sp³-hybridized carbons (Fsp3) is 0.357. The van der Waals surface area contributed by atoms with Gasteiger partial charge in [0.2, 0.25) is 0 Å². The summed E-state index contributed by atoms with van der Waals surface area (Å²) in [6, 6.07) is 4.57. The van der Waals surface area contributed by atoms with Crippen LogP contribution in [0.2, 0.25) is 5.02 Å². The van der Waals surface area contributed by atoms with E-state index in [1.807, 2.05) is 19.0 Å².